The van der Waals surface area contributed by atoms with Gasteiger partial charge in [-0.15, -0.1) is 18.3 Å². The number of nitro benzene ring substituents is 1. The average molecular weight is 305 g/mol. The van der Waals surface area contributed by atoms with Gasteiger partial charge in [0.15, 0.2) is 0 Å². The zero-order valence-corrected chi connectivity index (χ0v) is 12.2. The van der Waals surface area contributed by atoms with Crippen LogP contribution in [0.25, 0.3) is 0 Å². The molecule has 1 fully saturated rings. The Kier molecular flexibility index (Phi) is 5.16. The van der Waals surface area contributed by atoms with Gasteiger partial charge in [-0.25, -0.2) is 4.79 Å². The second-order valence-corrected chi connectivity index (χ2v) is 5.63. The van der Waals surface area contributed by atoms with E-state index >= 15 is 0 Å². The predicted molar refractivity (Wildman–Crippen MR) is 82.2 cm³/mol. The molecular weight excluding hydrogens is 290 g/mol. The highest BCUT2D eigenvalue weighted by atomic mass is 32.2. The van der Waals surface area contributed by atoms with E-state index in [9.17, 15) is 14.9 Å². The highest BCUT2D eigenvalue weighted by Crippen LogP contribution is 2.30. The van der Waals surface area contributed by atoms with Gasteiger partial charge < -0.3 is 4.74 Å². The Morgan fingerprint density at radius 2 is 2.14 bits per heavy atom. The standard InChI is InChI=1S/C15H15NO4S/c1-2-3-12(10-14-15(17)20-8-9-21-14)11-4-6-13(7-5-11)16(18)19/h2,4-7,10,12H,1,3,8-9H2/b14-10-. The lowest BCUT2D eigenvalue weighted by molar-refractivity contribution is -0.384. The van der Waals surface area contributed by atoms with Crippen LogP contribution in [0, 0.1) is 10.1 Å². The Morgan fingerprint density at radius 1 is 1.43 bits per heavy atom. The van der Waals surface area contributed by atoms with Gasteiger partial charge >= 0.3 is 5.97 Å². The van der Waals surface area contributed by atoms with Crippen LogP contribution in [0.3, 0.4) is 0 Å². The molecule has 1 heterocycles. The summed E-state index contributed by atoms with van der Waals surface area (Å²) in [6, 6.07) is 6.36. The molecule has 5 nitrogen and oxygen atoms in total. The van der Waals surface area contributed by atoms with Gasteiger partial charge in [-0.3, -0.25) is 10.1 Å². The lowest BCUT2D eigenvalue weighted by Gasteiger charge is -2.17. The SMILES string of the molecule is C=CCC(/C=C1\SCCOC1=O)c1ccc([N+](=O)[O-])cc1. The fourth-order valence-electron chi connectivity index (χ4n) is 2.04. The van der Waals surface area contributed by atoms with Gasteiger partial charge in [0, 0.05) is 23.8 Å². The molecule has 6 heteroatoms. The number of esters is 1. The summed E-state index contributed by atoms with van der Waals surface area (Å²) in [6.45, 7) is 4.16. The fraction of sp³-hybridized carbons (Fsp3) is 0.267. The second-order valence-electron chi connectivity index (χ2n) is 4.49. The van der Waals surface area contributed by atoms with E-state index in [1.165, 1.54) is 23.9 Å². The Bertz CT molecular complexity index is 580. The van der Waals surface area contributed by atoms with E-state index in [0.29, 0.717) is 17.9 Å². The van der Waals surface area contributed by atoms with Crippen LogP contribution in [0.15, 0.2) is 47.9 Å². The molecule has 0 N–H and O–H groups in total. The summed E-state index contributed by atoms with van der Waals surface area (Å²) in [4.78, 5) is 22.5. The van der Waals surface area contributed by atoms with Crippen molar-refractivity contribution in [2.75, 3.05) is 12.4 Å². The van der Waals surface area contributed by atoms with Gasteiger partial charge in [0.25, 0.3) is 5.69 Å². The van der Waals surface area contributed by atoms with Crippen LogP contribution in [0.4, 0.5) is 5.69 Å². The smallest absolute Gasteiger partial charge is 0.344 e. The maximum atomic E-state index is 11.7. The maximum absolute atomic E-state index is 11.7. The molecule has 0 aliphatic carbocycles. The van der Waals surface area contributed by atoms with Crippen molar-refractivity contribution in [2.45, 2.75) is 12.3 Å². The molecule has 1 aliphatic heterocycles. The third kappa shape index (κ3) is 3.95. The molecule has 1 unspecified atom stereocenters. The maximum Gasteiger partial charge on any atom is 0.344 e. The molecule has 0 radical (unpaired) electrons. The first kappa shape index (κ1) is 15.3. The van der Waals surface area contributed by atoms with Crippen molar-refractivity contribution < 1.29 is 14.5 Å². The number of cyclic esters (lactones) is 1. The summed E-state index contributed by atoms with van der Waals surface area (Å²) in [5.74, 6) is 0.400. The summed E-state index contributed by atoms with van der Waals surface area (Å²) in [7, 11) is 0. The number of nitrogens with zero attached hydrogens (tertiary/aromatic N) is 1. The van der Waals surface area contributed by atoms with Gasteiger partial charge in [-0.05, 0) is 12.0 Å². The zero-order valence-electron chi connectivity index (χ0n) is 11.4. The highest BCUT2D eigenvalue weighted by Gasteiger charge is 2.20. The monoisotopic (exact) mass is 305 g/mol. The zero-order chi connectivity index (χ0) is 15.2. The minimum Gasteiger partial charge on any atom is -0.461 e. The van der Waals surface area contributed by atoms with Crippen molar-refractivity contribution in [3.8, 4) is 0 Å². The van der Waals surface area contributed by atoms with Crippen LogP contribution in [0.5, 0.6) is 0 Å². The normalized spacial score (nSPS) is 18.1. The molecule has 110 valence electrons. The molecule has 2 rings (SSSR count). The van der Waals surface area contributed by atoms with E-state index in [2.05, 4.69) is 6.58 Å². The van der Waals surface area contributed by atoms with Crippen molar-refractivity contribution in [2.24, 2.45) is 0 Å². The molecule has 21 heavy (non-hydrogen) atoms. The van der Waals surface area contributed by atoms with Gasteiger partial charge in [0.2, 0.25) is 0 Å². The van der Waals surface area contributed by atoms with E-state index in [0.717, 1.165) is 11.3 Å². The lowest BCUT2D eigenvalue weighted by Crippen LogP contribution is -2.15. The number of carbonyl (C=O) groups is 1. The van der Waals surface area contributed by atoms with E-state index in [4.69, 9.17) is 4.74 Å². The molecule has 1 aromatic carbocycles. The Hall–Kier alpha value is -2.08. The van der Waals surface area contributed by atoms with Crippen LogP contribution in [0.1, 0.15) is 17.9 Å². The third-order valence-electron chi connectivity index (χ3n) is 3.08. The predicted octanol–water partition coefficient (Wildman–Crippen LogP) is 3.43. The van der Waals surface area contributed by atoms with Gasteiger partial charge in [0.05, 0.1) is 9.83 Å². The number of thioether (sulfide) groups is 1. The number of hydrogen-bond donors (Lipinski definition) is 0. The minimum atomic E-state index is -0.431. The number of allylic oxidation sites excluding steroid dienone is 2. The number of rotatable bonds is 5. The Labute approximate surface area is 126 Å². The van der Waals surface area contributed by atoms with Crippen molar-refractivity contribution in [1.82, 2.24) is 0 Å². The summed E-state index contributed by atoms with van der Waals surface area (Å²) >= 11 is 1.47. The van der Waals surface area contributed by atoms with Crippen LogP contribution >= 0.6 is 11.8 Å². The van der Waals surface area contributed by atoms with Crippen LogP contribution in [-0.2, 0) is 9.53 Å². The molecule has 0 saturated carbocycles. The summed E-state index contributed by atoms with van der Waals surface area (Å²) in [5, 5.41) is 10.7. The number of hydrogen-bond acceptors (Lipinski definition) is 5. The molecule has 1 aromatic rings. The summed E-state index contributed by atoms with van der Waals surface area (Å²) < 4.78 is 5.01. The first-order valence-electron chi connectivity index (χ1n) is 6.49. The van der Waals surface area contributed by atoms with Gasteiger partial charge in [-0.1, -0.05) is 24.3 Å². The van der Waals surface area contributed by atoms with E-state index in [-0.39, 0.29) is 17.6 Å². The fourth-order valence-corrected chi connectivity index (χ4v) is 2.86. The lowest BCUT2D eigenvalue weighted by atomic mass is 9.95. The quantitative estimate of drug-likeness (QED) is 0.274. The molecule has 1 atom stereocenters. The highest BCUT2D eigenvalue weighted by molar-refractivity contribution is 8.04. The molecule has 0 spiro atoms. The Balaban J connectivity index is 2.25. The topological polar surface area (TPSA) is 69.4 Å². The van der Waals surface area contributed by atoms with Crippen LogP contribution in [0.2, 0.25) is 0 Å². The van der Waals surface area contributed by atoms with Crippen LogP contribution in [-0.4, -0.2) is 23.3 Å². The number of ether oxygens (including phenoxy) is 1. The van der Waals surface area contributed by atoms with Crippen molar-refractivity contribution >= 4 is 23.4 Å². The number of non-ortho nitro benzene ring substituents is 1. The summed E-state index contributed by atoms with van der Waals surface area (Å²) in [5.41, 5.74) is 0.960. The second kappa shape index (κ2) is 7.08. The van der Waals surface area contributed by atoms with Crippen LogP contribution < -0.4 is 0 Å². The van der Waals surface area contributed by atoms with Crippen molar-refractivity contribution in [1.29, 1.82) is 0 Å². The third-order valence-corrected chi connectivity index (χ3v) is 4.07. The molecule has 1 saturated heterocycles. The molecule has 1 aliphatic rings. The van der Waals surface area contributed by atoms with E-state index in [1.54, 1.807) is 18.2 Å². The number of benzene rings is 1. The molecule has 0 aromatic heterocycles. The average Bonchev–Trinajstić information content (AvgIpc) is 2.49. The first-order chi connectivity index (χ1) is 10.1. The number of nitro groups is 1. The summed E-state index contributed by atoms with van der Waals surface area (Å²) in [6.07, 6.45) is 4.27. The first-order valence-corrected chi connectivity index (χ1v) is 7.47. The van der Waals surface area contributed by atoms with Gasteiger partial charge in [-0.2, -0.15) is 0 Å². The largest absolute Gasteiger partial charge is 0.461 e. The van der Waals surface area contributed by atoms with Crippen molar-refractivity contribution in [3.63, 3.8) is 0 Å². The minimum absolute atomic E-state index is 0.0449. The van der Waals surface area contributed by atoms with Gasteiger partial charge in [0.1, 0.15) is 6.61 Å². The Morgan fingerprint density at radius 3 is 2.71 bits per heavy atom. The van der Waals surface area contributed by atoms with E-state index < -0.39 is 4.92 Å². The van der Waals surface area contributed by atoms with E-state index in [1.807, 2.05) is 6.08 Å². The molecule has 0 bridgehead atoms. The molecular formula is C15H15NO4S. The number of carbonyl (C=O) groups excluding carboxylic acids is 1. The molecule has 0 amide bonds. The van der Waals surface area contributed by atoms with Crippen molar-refractivity contribution in [3.05, 3.63) is 63.6 Å².